The average Bonchev–Trinajstić information content (AvgIpc) is 2.73. The third kappa shape index (κ3) is 4.15. The Hall–Kier alpha value is -1.20. The molecule has 0 spiro atoms. The second-order valence-electron chi connectivity index (χ2n) is 5.29. The monoisotopic (exact) mass is 309 g/mol. The van der Waals surface area contributed by atoms with Crippen LogP contribution >= 0.6 is 11.3 Å². The molecule has 0 atom stereocenters. The number of hydrogen-bond donors (Lipinski definition) is 0. The van der Waals surface area contributed by atoms with Gasteiger partial charge in [-0.05, 0) is 24.0 Å². The lowest BCUT2D eigenvalue weighted by Crippen LogP contribution is -2.08. The van der Waals surface area contributed by atoms with Crippen molar-refractivity contribution in [2.24, 2.45) is 0 Å². The van der Waals surface area contributed by atoms with E-state index in [-0.39, 0.29) is 11.5 Å². The molecule has 0 aliphatic rings. The van der Waals surface area contributed by atoms with Gasteiger partial charge in [-0.15, -0.1) is 11.3 Å². The van der Waals surface area contributed by atoms with Crippen LogP contribution in [0.4, 0.5) is 0 Å². The van der Waals surface area contributed by atoms with Crippen LogP contribution in [0.5, 0.6) is 0 Å². The number of hydrogen-bond acceptors (Lipinski definition) is 4. The number of rotatable bonds is 5. The minimum Gasteiger partial charge on any atom is -0.246 e. The first kappa shape index (κ1) is 15.2. The Morgan fingerprint density at radius 1 is 1.15 bits per heavy atom. The predicted molar refractivity (Wildman–Crippen MR) is 83.7 cm³/mol. The second kappa shape index (κ2) is 6.06. The lowest BCUT2D eigenvalue weighted by Gasteiger charge is -2.07. The minimum atomic E-state index is -3.16. The quantitative estimate of drug-likeness (QED) is 0.846. The summed E-state index contributed by atoms with van der Waals surface area (Å²) >= 11 is 1.48. The van der Waals surface area contributed by atoms with Crippen molar-refractivity contribution in [3.8, 4) is 0 Å². The predicted octanol–water partition coefficient (Wildman–Crippen LogP) is 3.69. The van der Waals surface area contributed by atoms with Gasteiger partial charge in [0.2, 0.25) is 0 Å². The molecule has 0 unspecified atom stereocenters. The fourth-order valence-electron chi connectivity index (χ4n) is 2.00. The Kier molecular flexibility index (Phi) is 4.60. The molecule has 1 heterocycles. The van der Waals surface area contributed by atoms with Crippen molar-refractivity contribution in [2.45, 2.75) is 38.2 Å². The van der Waals surface area contributed by atoms with Gasteiger partial charge in [-0.25, -0.2) is 13.4 Å². The summed E-state index contributed by atoms with van der Waals surface area (Å²) in [5, 5.41) is 2.71. The van der Waals surface area contributed by atoms with Crippen molar-refractivity contribution in [3.63, 3.8) is 0 Å². The molecule has 0 amide bonds. The Balaban J connectivity index is 2.08. The summed E-state index contributed by atoms with van der Waals surface area (Å²) in [6.07, 6.45) is 0. The van der Waals surface area contributed by atoms with Crippen LogP contribution in [0, 0.1) is 6.92 Å². The molecule has 0 aliphatic carbocycles. The molecule has 1 aromatic carbocycles. The fourth-order valence-corrected chi connectivity index (χ4v) is 4.12. The van der Waals surface area contributed by atoms with E-state index in [1.54, 1.807) is 0 Å². The van der Waals surface area contributed by atoms with Crippen LogP contribution in [0.2, 0.25) is 0 Å². The molecule has 0 fully saturated rings. The van der Waals surface area contributed by atoms with Gasteiger partial charge in [0.15, 0.2) is 9.84 Å². The Morgan fingerprint density at radius 3 is 2.30 bits per heavy atom. The SMILES string of the molecule is Cc1nc(CS(=O)(=O)Cc2ccc(C(C)C)cc2)cs1. The van der Waals surface area contributed by atoms with Gasteiger partial charge >= 0.3 is 0 Å². The Morgan fingerprint density at radius 2 is 1.80 bits per heavy atom. The van der Waals surface area contributed by atoms with Crippen molar-refractivity contribution < 1.29 is 8.42 Å². The van der Waals surface area contributed by atoms with Gasteiger partial charge in [0.1, 0.15) is 0 Å². The van der Waals surface area contributed by atoms with Gasteiger partial charge < -0.3 is 0 Å². The Bertz CT molecular complexity index is 670. The van der Waals surface area contributed by atoms with Gasteiger partial charge in [0.05, 0.1) is 22.2 Å². The maximum absolute atomic E-state index is 12.2. The number of aryl methyl sites for hydroxylation is 1. The van der Waals surface area contributed by atoms with Crippen LogP contribution in [-0.4, -0.2) is 13.4 Å². The molecule has 2 aromatic rings. The van der Waals surface area contributed by atoms with E-state index in [1.165, 1.54) is 16.9 Å². The van der Waals surface area contributed by atoms with Crippen LogP contribution in [0.25, 0.3) is 0 Å². The molecule has 0 radical (unpaired) electrons. The molecule has 1 aromatic heterocycles. The van der Waals surface area contributed by atoms with E-state index in [1.807, 2.05) is 36.6 Å². The summed E-state index contributed by atoms with van der Waals surface area (Å²) in [5.74, 6) is 0.546. The highest BCUT2D eigenvalue weighted by Gasteiger charge is 2.15. The topological polar surface area (TPSA) is 47.0 Å². The molecular weight excluding hydrogens is 290 g/mol. The molecule has 0 saturated carbocycles. The zero-order chi connectivity index (χ0) is 14.8. The first-order valence-corrected chi connectivity index (χ1v) is 9.26. The standard InChI is InChI=1S/C15H19NO2S2/c1-11(2)14-6-4-13(5-7-14)9-20(17,18)10-15-8-19-12(3)16-15/h4-8,11H,9-10H2,1-3H3. The summed E-state index contributed by atoms with van der Waals surface area (Å²) in [4.78, 5) is 4.21. The second-order valence-corrected chi connectivity index (χ2v) is 8.41. The van der Waals surface area contributed by atoms with Crippen LogP contribution in [-0.2, 0) is 21.3 Å². The first-order chi connectivity index (χ1) is 9.35. The highest BCUT2D eigenvalue weighted by atomic mass is 32.2. The van der Waals surface area contributed by atoms with E-state index >= 15 is 0 Å². The largest absolute Gasteiger partial charge is 0.246 e. The van der Waals surface area contributed by atoms with Gasteiger partial charge in [-0.1, -0.05) is 38.1 Å². The minimum absolute atomic E-state index is 0.0171. The number of sulfone groups is 1. The summed E-state index contributed by atoms with van der Waals surface area (Å²) < 4.78 is 24.3. The maximum atomic E-state index is 12.2. The molecule has 0 saturated heterocycles. The number of nitrogens with zero attached hydrogens (tertiary/aromatic N) is 1. The molecule has 0 N–H and O–H groups in total. The molecule has 5 heteroatoms. The van der Waals surface area contributed by atoms with E-state index < -0.39 is 9.84 Å². The smallest absolute Gasteiger partial charge is 0.160 e. The fraction of sp³-hybridized carbons (Fsp3) is 0.400. The average molecular weight is 309 g/mol. The maximum Gasteiger partial charge on any atom is 0.160 e. The Labute approximate surface area is 124 Å². The zero-order valence-electron chi connectivity index (χ0n) is 12.0. The molecule has 0 aliphatic heterocycles. The third-order valence-electron chi connectivity index (χ3n) is 3.07. The molecule has 3 nitrogen and oxygen atoms in total. The van der Waals surface area contributed by atoms with Crippen LogP contribution in [0.3, 0.4) is 0 Å². The summed E-state index contributed by atoms with van der Waals surface area (Å²) in [7, 11) is -3.16. The van der Waals surface area contributed by atoms with Gasteiger partial charge in [0.25, 0.3) is 0 Å². The van der Waals surface area contributed by atoms with Gasteiger partial charge in [-0.2, -0.15) is 0 Å². The van der Waals surface area contributed by atoms with Gasteiger partial charge in [0, 0.05) is 5.38 Å². The lowest BCUT2D eigenvalue weighted by molar-refractivity contribution is 0.594. The summed E-state index contributed by atoms with van der Waals surface area (Å²) in [6, 6.07) is 7.81. The molecule has 2 rings (SSSR count). The highest BCUT2D eigenvalue weighted by molar-refractivity contribution is 7.89. The van der Waals surface area contributed by atoms with E-state index in [2.05, 4.69) is 18.8 Å². The summed E-state index contributed by atoms with van der Waals surface area (Å²) in [6.45, 7) is 6.12. The van der Waals surface area contributed by atoms with Crippen molar-refractivity contribution in [3.05, 3.63) is 51.5 Å². The molecule has 108 valence electrons. The number of benzene rings is 1. The van der Waals surface area contributed by atoms with Gasteiger partial charge in [-0.3, -0.25) is 0 Å². The van der Waals surface area contributed by atoms with E-state index in [9.17, 15) is 8.42 Å². The first-order valence-electron chi connectivity index (χ1n) is 6.56. The van der Waals surface area contributed by atoms with Crippen molar-refractivity contribution >= 4 is 21.2 Å². The molecule has 20 heavy (non-hydrogen) atoms. The highest BCUT2D eigenvalue weighted by Crippen LogP contribution is 2.18. The molecule has 0 bridgehead atoms. The van der Waals surface area contributed by atoms with E-state index in [0.717, 1.165) is 10.6 Å². The lowest BCUT2D eigenvalue weighted by atomic mass is 10.0. The molecular formula is C15H19NO2S2. The number of thiazole rings is 1. The van der Waals surface area contributed by atoms with Crippen LogP contribution < -0.4 is 0 Å². The van der Waals surface area contributed by atoms with E-state index in [0.29, 0.717) is 11.6 Å². The number of aromatic nitrogens is 1. The van der Waals surface area contributed by atoms with E-state index in [4.69, 9.17) is 0 Å². The van der Waals surface area contributed by atoms with Crippen molar-refractivity contribution in [2.75, 3.05) is 0 Å². The third-order valence-corrected chi connectivity index (χ3v) is 5.40. The normalized spacial score (nSPS) is 12.0. The van der Waals surface area contributed by atoms with Crippen molar-refractivity contribution in [1.82, 2.24) is 4.98 Å². The zero-order valence-corrected chi connectivity index (χ0v) is 13.6. The van der Waals surface area contributed by atoms with Crippen molar-refractivity contribution in [1.29, 1.82) is 0 Å². The van der Waals surface area contributed by atoms with Crippen LogP contribution in [0.1, 0.15) is 41.6 Å². The van der Waals surface area contributed by atoms with Crippen LogP contribution in [0.15, 0.2) is 29.6 Å². The summed E-state index contributed by atoms with van der Waals surface area (Å²) in [5.41, 5.74) is 2.70.